The first-order valence-electron chi connectivity index (χ1n) is 10.6. The molecule has 0 aliphatic heterocycles. The third-order valence-corrected chi connectivity index (χ3v) is 9.08. The van der Waals surface area contributed by atoms with Crippen molar-refractivity contribution in [3.8, 4) is 5.75 Å². The zero-order valence-electron chi connectivity index (χ0n) is 18.9. The van der Waals surface area contributed by atoms with Crippen LogP contribution in [0.4, 0.5) is 13.2 Å². The van der Waals surface area contributed by atoms with Gasteiger partial charge in [-0.25, -0.2) is 4.79 Å². The van der Waals surface area contributed by atoms with Crippen molar-refractivity contribution in [1.29, 1.82) is 0 Å². The molecule has 0 amide bonds. The fourth-order valence-electron chi connectivity index (χ4n) is 3.36. The average Bonchev–Trinajstić information content (AvgIpc) is 3.16. The largest absolute Gasteiger partial charge is 0.592 e. The van der Waals surface area contributed by atoms with Gasteiger partial charge in [0.05, 0.1) is 17.9 Å². The molecule has 190 valence electrons. The first-order valence-corrected chi connectivity index (χ1v) is 13.8. The Labute approximate surface area is 217 Å². The van der Waals surface area contributed by atoms with Crippen LogP contribution in [0, 0.1) is 6.92 Å². The number of carbonyl (C=O) groups is 1. The molecule has 0 saturated heterocycles. The fourth-order valence-corrected chi connectivity index (χ4v) is 7.67. The molecule has 0 aliphatic carbocycles. The predicted octanol–water partition coefficient (Wildman–Crippen LogP) is 6.87. The Morgan fingerprint density at radius 1 is 1.26 bits per heavy atom. The Balaban J connectivity index is 1.75. The highest BCUT2D eigenvalue weighted by molar-refractivity contribution is 7.99. The van der Waals surface area contributed by atoms with Crippen LogP contribution in [0.2, 0.25) is 5.02 Å². The van der Waals surface area contributed by atoms with E-state index in [0.717, 1.165) is 21.8 Å². The number of halogens is 4. The molecule has 0 spiro atoms. The Morgan fingerprint density at radius 3 is 2.63 bits per heavy atom. The number of thioether (sulfide) groups is 1. The van der Waals surface area contributed by atoms with Gasteiger partial charge in [-0.05, 0) is 55.3 Å². The van der Waals surface area contributed by atoms with Crippen LogP contribution in [0.1, 0.15) is 24.5 Å². The molecule has 1 N–H and O–H groups in total. The summed E-state index contributed by atoms with van der Waals surface area (Å²) in [5, 5.41) is 8.90. The normalized spacial score (nSPS) is 12.9. The first-order chi connectivity index (χ1) is 16.5. The van der Waals surface area contributed by atoms with E-state index in [2.05, 4.69) is 0 Å². The van der Waals surface area contributed by atoms with E-state index in [1.807, 2.05) is 13.0 Å². The van der Waals surface area contributed by atoms with Crippen LogP contribution in [0.25, 0.3) is 10.1 Å². The molecule has 0 saturated carbocycles. The lowest BCUT2D eigenvalue weighted by Gasteiger charge is -2.23. The molecule has 35 heavy (non-hydrogen) atoms. The maximum absolute atomic E-state index is 14.0. The summed E-state index contributed by atoms with van der Waals surface area (Å²) in [4.78, 5) is 11.6. The second-order valence-electron chi connectivity index (χ2n) is 7.54. The summed E-state index contributed by atoms with van der Waals surface area (Å²) in [7, 11) is 0. The lowest BCUT2D eigenvalue weighted by Crippen LogP contribution is -2.34. The number of hydrogen-bond donors (Lipinski definition) is 1. The molecule has 0 fully saturated rings. The smallest absolute Gasteiger partial charge is 0.422 e. The highest BCUT2D eigenvalue weighted by Crippen LogP contribution is 2.46. The molecule has 3 rings (SSSR count). The van der Waals surface area contributed by atoms with E-state index in [4.69, 9.17) is 21.4 Å². The minimum Gasteiger partial charge on any atom is -0.592 e. The number of alkyl halides is 3. The van der Waals surface area contributed by atoms with E-state index >= 15 is 0 Å². The van der Waals surface area contributed by atoms with Crippen molar-refractivity contribution in [2.24, 2.45) is 0 Å². The van der Waals surface area contributed by atoms with Gasteiger partial charge < -0.3 is 14.4 Å². The van der Waals surface area contributed by atoms with Crippen LogP contribution in [0.3, 0.4) is 0 Å². The van der Waals surface area contributed by atoms with E-state index in [1.54, 1.807) is 23.4 Å². The minimum absolute atomic E-state index is 0.0372. The van der Waals surface area contributed by atoms with Crippen LogP contribution >= 0.6 is 34.7 Å². The zero-order chi connectivity index (χ0) is 25.8. The number of aliphatic carboxylic acids is 1. The first kappa shape index (κ1) is 27.9. The van der Waals surface area contributed by atoms with Crippen molar-refractivity contribution < 1.29 is 32.4 Å². The van der Waals surface area contributed by atoms with Gasteiger partial charge in [-0.15, -0.1) is 16.1 Å². The summed E-state index contributed by atoms with van der Waals surface area (Å²) in [6, 6.07) is 9.62. The lowest BCUT2D eigenvalue weighted by atomic mass is 10.2. The van der Waals surface area contributed by atoms with Crippen molar-refractivity contribution >= 4 is 62.1 Å². The molecule has 5 nitrogen and oxygen atoms in total. The van der Waals surface area contributed by atoms with Gasteiger partial charge in [0.15, 0.2) is 6.61 Å². The number of nitrogens with zero attached hydrogens (tertiary/aromatic N) is 1. The number of fused-ring (bicyclic) bond motifs is 1. The van der Waals surface area contributed by atoms with E-state index in [1.165, 1.54) is 30.0 Å². The van der Waals surface area contributed by atoms with Crippen molar-refractivity contribution in [3.63, 3.8) is 0 Å². The van der Waals surface area contributed by atoms with Crippen molar-refractivity contribution in [3.05, 3.63) is 52.5 Å². The van der Waals surface area contributed by atoms with Gasteiger partial charge in [-0.1, -0.05) is 29.9 Å². The maximum Gasteiger partial charge on any atom is 0.422 e. The van der Waals surface area contributed by atoms with Gasteiger partial charge in [0.25, 0.3) is 0 Å². The molecule has 1 heterocycles. The van der Waals surface area contributed by atoms with Crippen molar-refractivity contribution in [2.45, 2.75) is 35.5 Å². The van der Waals surface area contributed by atoms with Gasteiger partial charge in [-0.3, -0.25) is 0 Å². The van der Waals surface area contributed by atoms with Gasteiger partial charge in [-0.2, -0.15) is 13.2 Å². The topological polar surface area (TPSA) is 72.8 Å². The summed E-state index contributed by atoms with van der Waals surface area (Å²) in [6.45, 7) is 3.93. The molecule has 12 heteroatoms. The molecule has 1 aromatic heterocycles. The molecule has 3 aromatic rings. The van der Waals surface area contributed by atoms with Gasteiger partial charge in [0.2, 0.25) is 4.21 Å². The summed E-state index contributed by atoms with van der Waals surface area (Å²) < 4.78 is 62.2. The number of carboxylic acid groups (broad SMARTS) is 1. The maximum atomic E-state index is 14.0. The molecule has 1 unspecified atom stereocenters. The number of rotatable bonds is 11. The van der Waals surface area contributed by atoms with E-state index in [9.17, 15) is 22.5 Å². The minimum atomic E-state index is -4.66. The van der Waals surface area contributed by atoms with Crippen LogP contribution in [0.5, 0.6) is 5.75 Å². The Bertz CT molecular complexity index is 1190. The lowest BCUT2D eigenvalue weighted by molar-refractivity contribution is -0.139. The van der Waals surface area contributed by atoms with Crippen molar-refractivity contribution in [2.75, 3.05) is 25.4 Å². The monoisotopic (exact) mass is 565 g/mol. The number of benzene rings is 2. The van der Waals surface area contributed by atoms with Crippen molar-refractivity contribution in [1.82, 2.24) is 4.31 Å². The third-order valence-electron chi connectivity index (χ3n) is 4.87. The van der Waals surface area contributed by atoms with Crippen LogP contribution in [0.15, 0.2) is 45.5 Å². The highest BCUT2D eigenvalue weighted by Gasteiger charge is 2.43. The molecule has 0 radical (unpaired) electrons. The summed E-state index contributed by atoms with van der Waals surface area (Å²) >= 11 is 6.29. The molecule has 0 bridgehead atoms. The summed E-state index contributed by atoms with van der Waals surface area (Å²) in [6.07, 6.45) is -4.04. The molecular weight excluding hydrogens is 543 g/mol. The Hall–Kier alpha value is -1.63. The molecule has 2 aromatic carbocycles. The van der Waals surface area contributed by atoms with Gasteiger partial charge in [0, 0.05) is 32.3 Å². The number of thiophene rings is 1. The van der Waals surface area contributed by atoms with E-state index in [0.29, 0.717) is 35.7 Å². The summed E-state index contributed by atoms with van der Waals surface area (Å²) in [5.41, 5.74) is -0.122. The number of ether oxygens (including phenoxy) is 1. The summed E-state index contributed by atoms with van der Waals surface area (Å²) in [5.74, 6) is -0.101. The fraction of sp³-hybridized carbons (Fsp3) is 0.348. The standard InChI is InChI=1S/C23H23ClF3NO4S3/c1-3-8-28(9-10-33-16-5-6-18(14(2)11-16)32-13-20(29)30)35(31)22-21(23(25,26)27)17-12-15(24)4-7-19(17)34-22/h4-7,11-12H,3,8-10,13H2,1-2H3,(H,29,30). The Kier molecular flexibility index (Phi) is 9.64. The van der Waals surface area contributed by atoms with Gasteiger partial charge in [0.1, 0.15) is 11.3 Å². The van der Waals surface area contributed by atoms with E-state index < -0.39 is 35.7 Å². The predicted molar refractivity (Wildman–Crippen MR) is 135 cm³/mol. The van der Waals surface area contributed by atoms with Crippen LogP contribution in [-0.4, -0.2) is 45.4 Å². The van der Waals surface area contributed by atoms with Gasteiger partial charge >= 0.3 is 12.1 Å². The number of aryl methyl sites for hydroxylation is 1. The third kappa shape index (κ3) is 7.21. The molecule has 1 atom stereocenters. The number of carboxylic acids is 1. The quantitative estimate of drug-likeness (QED) is 0.202. The number of hydrogen-bond acceptors (Lipinski definition) is 6. The van der Waals surface area contributed by atoms with E-state index in [-0.39, 0.29) is 14.6 Å². The molecular formula is C23H23ClF3NO4S3. The second kappa shape index (κ2) is 12.1. The van der Waals surface area contributed by atoms with Crippen LogP contribution < -0.4 is 4.74 Å². The average molecular weight is 566 g/mol. The van der Waals surface area contributed by atoms with Crippen LogP contribution in [-0.2, 0) is 22.3 Å². The zero-order valence-corrected chi connectivity index (χ0v) is 22.1. The molecule has 0 aliphatic rings. The Morgan fingerprint density at radius 2 is 2.00 bits per heavy atom. The SMILES string of the molecule is CCCN(CCSc1ccc(OCC(=O)O)c(C)c1)[S+]([O-])c1sc2ccc(Cl)cc2c1C(F)(F)F. The highest BCUT2D eigenvalue weighted by atomic mass is 35.5. The second-order valence-corrected chi connectivity index (χ2v) is 11.9.